The van der Waals surface area contributed by atoms with Crippen LogP contribution in [0, 0.1) is 5.92 Å². The molecule has 0 aliphatic heterocycles. The molecule has 0 saturated heterocycles. The summed E-state index contributed by atoms with van der Waals surface area (Å²) in [4.78, 5) is 14.3. The van der Waals surface area contributed by atoms with Crippen molar-refractivity contribution in [2.45, 2.75) is 33.6 Å². The van der Waals surface area contributed by atoms with Gasteiger partial charge in [0.2, 0.25) is 5.91 Å². The Morgan fingerprint density at radius 2 is 1.80 bits per heavy atom. The predicted octanol–water partition coefficient (Wildman–Crippen LogP) is 2.85. The number of nitrogens with one attached hydrogen (secondary N) is 1. The lowest BCUT2D eigenvalue weighted by Gasteiger charge is -2.21. The average Bonchev–Trinajstić information content (AvgIpc) is 2.47. The number of benzene rings is 1. The van der Waals surface area contributed by atoms with Crippen molar-refractivity contribution in [3.8, 4) is 0 Å². The van der Waals surface area contributed by atoms with Crippen molar-refractivity contribution in [2.24, 2.45) is 11.7 Å². The van der Waals surface area contributed by atoms with Crippen molar-refractivity contribution < 1.29 is 4.79 Å². The van der Waals surface area contributed by atoms with Gasteiger partial charge in [-0.25, -0.2) is 0 Å². The van der Waals surface area contributed by atoms with Gasteiger partial charge >= 0.3 is 0 Å². The molecule has 0 saturated carbocycles. The van der Waals surface area contributed by atoms with Gasteiger partial charge in [0, 0.05) is 31.0 Å². The number of hydrogen-bond acceptors (Lipinski definition) is 3. The van der Waals surface area contributed by atoms with Crippen molar-refractivity contribution in [3.63, 3.8) is 0 Å². The molecule has 0 spiro atoms. The zero-order chi connectivity index (χ0) is 15.0. The van der Waals surface area contributed by atoms with E-state index in [2.05, 4.69) is 31.0 Å². The van der Waals surface area contributed by atoms with Crippen molar-refractivity contribution in [1.82, 2.24) is 0 Å². The number of amides is 1. The van der Waals surface area contributed by atoms with E-state index in [1.165, 1.54) is 5.69 Å². The molecule has 1 aromatic carbocycles. The SMILES string of the molecule is CCCC(CN)C(=O)Nc1ccc(N(CC)CC)cc1. The zero-order valence-corrected chi connectivity index (χ0v) is 12.9. The van der Waals surface area contributed by atoms with E-state index in [-0.39, 0.29) is 11.8 Å². The van der Waals surface area contributed by atoms with Crippen LogP contribution in [0.3, 0.4) is 0 Å². The summed E-state index contributed by atoms with van der Waals surface area (Å²) >= 11 is 0. The van der Waals surface area contributed by atoms with Crippen molar-refractivity contribution in [2.75, 3.05) is 29.9 Å². The molecule has 1 rings (SSSR count). The molecule has 1 amide bonds. The molecule has 0 heterocycles. The molecule has 0 radical (unpaired) electrons. The number of rotatable bonds is 8. The van der Waals surface area contributed by atoms with Crippen molar-refractivity contribution in [1.29, 1.82) is 0 Å². The highest BCUT2D eigenvalue weighted by atomic mass is 16.1. The summed E-state index contributed by atoms with van der Waals surface area (Å²) in [7, 11) is 0. The normalized spacial score (nSPS) is 12.0. The fraction of sp³-hybridized carbons (Fsp3) is 0.562. The summed E-state index contributed by atoms with van der Waals surface area (Å²) in [6, 6.07) is 7.98. The third-order valence-corrected chi connectivity index (χ3v) is 3.56. The van der Waals surface area contributed by atoms with E-state index in [0.29, 0.717) is 6.54 Å². The van der Waals surface area contributed by atoms with Crippen LogP contribution < -0.4 is 16.0 Å². The fourth-order valence-corrected chi connectivity index (χ4v) is 2.29. The highest BCUT2D eigenvalue weighted by molar-refractivity contribution is 5.92. The number of anilines is 2. The molecule has 1 atom stereocenters. The summed E-state index contributed by atoms with van der Waals surface area (Å²) < 4.78 is 0. The Bertz CT molecular complexity index is 399. The lowest BCUT2D eigenvalue weighted by molar-refractivity contribution is -0.119. The predicted molar refractivity (Wildman–Crippen MR) is 86.1 cm³/mol. The van der Waals surface area contributed by atoms with E-state index in [1.807, 2.05) is 24.3 Å². The molecule has 112 valence electrons. The van der Waals surface area contributed by atoms with Gasteiger partial charge in [0.1, 0.15) is 0 Å². The fourth-order valence-electron chi connectivity index (χ4n) is 2.29. The number of carbonyl (C=O) groups is 1. The quantitative estimate of drug-likeness (QED) is 0.768. The molecular weight excluding hydrogens is 250 g/mol. The van der Waals surface area contributed by atoms with Gasteiger partial charge in [-0.3, -0.25) is 4.79 Å². The minimum Gasteiger partial charge on any atom is -0.372 e. The van der Waals surface area contributed by atoms with Crippen LogP contribution in [0.15, 0.2) is 24.3 Å². The largest absolute Gasteiger partial charge is 0.372 e. The van der Waals surface area contributed by atoms with Crippen LogP contribution in [0.25, 0.3) is 0 Å². The third kappa shape index (κ3) is 4.53. The van der Waals surface area contributed by atoms with Crippen LogP contribution in [-0.2, 0) is 4.79 Å². The van der Waals surface area contributed by atoms with Gasteiger partial charge in [-0.2, -0.15) is 0 Å². The topological polar surface area (TPSA) is 58.4 Å². The Labute approximate surface area is 122 Å². The molecule has 3 N–H and O–H groups in total. The maximum absolute atomic E-state index is 12.1. The van der Waals surface area contributed by atoms with Crippen LogP contribution >= 0.6 is 0 Å². The number of hydrogen-bond donors (Lipinski definition) is 2. The Hall–Kier alpha value is -1.55. The van der Waals surface area contributed by atoms with Gasteiger partial charge in [0.15, 0.2) is 0 Å². The lowest BCUT2D eigenvalue weighted by atomic mass is 10.0. The smallest absolute Gasteiger partial charge is 0.228 e. The van der Waals surface area contributed by atoms with E-state index in [1.54, 1.807) is 0 Å². The summed E-state index contributed by atoms with van der Waals surface area (Å²) in [5.41, 5.74) is 7.66. The van der Waals surface area contributed by atoms with E-state index >= 15 is 0 Å². The van der Waals surface area contributed by atoms with E-state index in [4.69, 9.17) is 5.73 Å². The zero-order valence-electron chi connectivity index (χ0n) is 12.9. The first-order valence-corrected chi connectivity index (χ1v) is 7.52. The number of carbonyl (C=O) groups excluding carboxylic acids is 1. The highest BCUT2D eigenvalue weighted by Gasteiger charge is 2.15. The Morgan fingerprint density at radius 3 is 2.25 bits per heavy atom. The highest BCUT2D eigenvalue weighted by Crippen LogP contribution is 2.18. The minimum atomic E-state index is -0.0949. The average molecular weight is 277 g/mol. The monoisotopic (exact) mass is 277 g/mol. The van der Waals surface area contributed by atoms with Gasteiger partial charge in [-0.05, 0) is 44.5 Å². The maximum Gasteiger partial charge on any atom is 0.228 e. The third-order valence-electron chi connectivity index (χ3n) is 3.56. The molecule has 1 aromatic rings. The van der Waals surface area contributed by atoms with E-state index in [9.17, 15) is 4.79 Å². The minimum absolute atomic E-state index is 0.0185. The van der Waals surface area contributed by atoms with Gasteiger partial charge in [0.05, 0.1) is 5.92 Å². The van der Waals surface area contributed by atoms with Gasteiger partial charge in [-0.15, -0.1) is 0 Å². The van der Waals surface area contributed by atoms with Crippen LogP contribution in [0.2, 0.25) is 0 Å². The van der Waals surface area contributed by atoms with Crippen LogP contribution in [0.4, 0.5) is 11.4 Å². The molecule has 20 heavy (non-hydrogen) atoms. The van der Waals surface area contributed by atoms with Crippen LogP contribution in [-0.4, -0.2) is 25.5 Å². The number of nitrogens with zero attached hydrogens (tertiary/aromatic N) is 1. The van der Waals surface area contributed by atoms with Crippen LogP contribution in [0.1, 0.15) is 33.6 Å². The molecule has 0 fully saturated rings. The van der Waals surface area contributed by atoms with Crippen molar-refractivity contribution in [3.05, 3.63) is 24.3 Å². The lowest BCUT2D eigenvalue weighted by Crippen LogP contribution is -2.29. The molecule has 4 nitrogen and oxygen atoms in total. The molecule has 1 unspecified atom stereocenters. The Morgan fingerprint density at radius 1 is 1.20 bits per heavy atom. The number of nitrogens with two attached hydrogens (primary N) is 1. The molecule has 0 aromatic heterocycles. The molecule has 4 heteroatoms. The second kappa shape index (κ2) is 8.59. The Balaban J connectivity index is 2.67. The first-order chi connectivity index (χ1) is 9.65. The van der Waals surface area contributed by atoms with E-state index in [0.717, 1.165) is 31.6 Å². The van der Waals surface area contributed by atoms with Gasteiger partial charge in [0.25, 0.3) is 0 Å². The first-order valence-electron chi connectivity index (χ1n) is 7.52. The standard InChI is InChI=1S/C16H27N3O/c1-4-7-13(12-17)16(20)18-14-8-10-15(11-9-14)19(5-2)6-3/h8-11,13H,4-7,12,17H2,1-3H3,(H,18,20). The molecule has 0 aliphatic carbocycles. The Kier molecular flexibility index (Phi) is 7.09. The molecule has 0 aliphatic rings. The van der Waals surface area contributed by atoms with Crippen molar-refractivity contribution >= 4 is 17.3 Å². The van der Waals surface area contributed by atoms with Crippen LogP contribution in [0.5, 0.6) is 0 Å². The molecular formula is C16H27N3O. The summed E-state index contributed by atoms with van der Waals surface area (Å²) in [6.45, 7) is 8.69. The second-order valence-corrected chi connectivity index (χ2v) is 4.93. The maximum atomic E-state index is 12.1. The first kappa shape index (κ1) is 16.5. The summed E-state index contributed by atoms with van der Waals surface area (Å²) in [5, 5.41) is 2.94. The van der Waals surface area contributed by atoms with E-state index < -0.39 is 0 Å². The van der Waals surface area contributed by atoms with Gasteiger partial charge < -0.3 is 16.0 Å². The van der Waals surface area contributed by atoms with Gasteiger partial charge in [-0.1, -0.05) is 13.3 Å². The summed E-state index contributed by atoms with van der Waals surface area (Å²) in [5.74, 6) is -0.0765. The summed E-state index contributed by atoms with van der Waals surface area (Å²) in [6.07, 6.45) is 1.80. The second-order valence-electron chi connectivity index (χ2n) is 4.93. The molecule has 0 bridgehead atoms.